The van der Waals surface area contributed by atoms with E-state index in [0.29, 0.717) is 5.56 Å². The molecule has 2 N–H and O–H groups in total. The van der Waals surface area contributed by atoms with Crippen LogP contribution >= 0.6 is 0 Å². The van der Waals surface area contributed by atoms with Crippen molar-refractivity contribution in [3.8, 4) is 0 Å². The zero-order valence-electron chi connectivity index (χ0n) is 10.9. The number of hydrogen-bond donors (Lipinski definition) is 2. The van der Waals surface area contributed by atoms with Crippen LogP contribution in [0.5, 0.6) is 0 Å². The Morgan fingerprint density at radius 3 is 2.55 bits per heavy atom. The van der Waals surface area contributed by atoms with E-state index in [9.17, 15) is 18.0 Å². The fraction of sp³-hybridized carbons (Fsp3) is 0.385. The minimum atomic E-state index is -3.83. The number of amides is 1. The Labute approximate surface area is 116 Å². The van der Waals surface area contributed by atoms with Gasteiger partial charge in [0.15, 0.2) is 9.84 Å². The first-order valence-electron chi connectivity index (χ1n) is 6.15. The lowest BCUT2D eigenvalue weighted by atomic mass is 10.1. The zero-order chi connectivity index (χ0) is 14.9. The van der Waals surface area contributed by atoms with E-state index >= 15 is 0 Å². The second-order valence-corrected chi connectivity index (χ2v) is 6.87. The van der Waals surface area contributed by atoms with E-state index in [-0.39, 0.29) is 16.5 Å². The molecular weight excluding hydrogens is 282 g/mol. The molecule has 0 radical (unpaired) electrons. The van der Waals surface area contributed by atoms with Gasteiger partial charge < -0.3 is 10.4 Å². The molecule has 1 aliphatic carbocycles. The Morgan fingerprint density at radius 1 is 1.35 bits per heavy atom. The van der Waals surface area contributed by atoms with Gasteiger partial charge in [-0.25, -0.2) is 13.2 Å². The van der Waals surface area contributed by atoms with Crippen LogP contribution in [-0.4, -0.2) is 37.2 Å². The molecule has 0 bridgehead atoms. The molecule has 20 heavy (non-hydrogen) atoms. The number of carbonyl (C=O) groups is 2. The molecule has 1 amide bonds. The van der Waals surface area contributed by atoms with Gasteiger partial charge >= 0.3 is 5.97 Å². The summed E-state index contributed by atoms with van der Waals surface area (Å²) >= 11 is 0. The smallest absolute Gasteiger partial charge is 0.335 e. The number of carboxylic acid groups (broad SMARTS) is 1. The average Bonchev–Trinajstić information content (AvgIpc) is 3.11. The fourth-order valence-electron chi connectivity index (χ4n) is 1.78. The highest BCUT2D eigenvalue weighted by Crippen LogP contribution is 2.20. The number of carbonyl (C=O) groups excluding carboxylic acids is 1. The Balaban J connectivity index is 2.22. The molecule has 0 atom stereocenters. The number of nitrogens with one attached hydrogen (secondary N) is 1. The summed E-state index contributed by atoms with van der Waals surface area (Å²) < 4.78 is 24.2. The van der Waals surface area contributed by atoms with Crippen molar-refractivity contribution in [2.24, 2.45) is 0 Å². The maximum Gasteiger partial charge on any atom is 0.335 e. The number of benzene rings is 1. The van der Waals surface area contributed by atoms with Crippen LogP contribution in [0.2, 0.25) is 0 Å². The van der Waals surface area contributed by atoms with Crippen molar-refractivity contribution in [3.05, 3.63) is 29.3 Å². The van der Waals surface area contributed by atoms with Crippen LogP contribution in [0, 0.1) is 6.92 Å². The van der Waals surface area contributed by atoms with Crippen molar-refractivity contribution in [3.63, 3.8) is 0 Å². The van der Waals surface area contributed by atoms with E-state index in [1.807, 2.05) is 0 Å². The highest BCUT2D eigenvalue weighted by Gasteiger charge is 2.27. The second kappa shape index (κ2) is 5.24. The van der Waals surface area contributed by atoms with E-state index in [2.05, 4.69) is 5.32 Å². The summed E-state index contributed by atoms with van der Waals surface area (Å²) in [5.74, 6) is -2.40. The van der Waals surface area contributed by atoms with Gasteiger partial charge in [0, 0.05) is 6.04 Å². The van der Waals surface area contributed by atoms with Crippen LogP contribution in [0.15, 0.2) is 23.1 Å². The Morgan fingerprint density at radius 2 is 2.00 bits per heavy atom. The molecule has 0 aliphatic heterocycles. The van der Waals surface area contributed by atoms with Crippen LogP contribution < -0.4 is 5.32 Å². The Bertz CT molecular complexity index is 661. The molecule has 0 saturated heterocycles. The molecular formula is C13H15NO5S. The summed E-state index contributed by atoms with van der Waals surface area (Å²) in [5.41, 5.74) is 0.396. The first kappa shape index (κ1) is 14.5. The highest BCUT2D eigenvalue weighted by atomic mass is 32.2. The lowest BCUT2D eigenvalue weighted by Crippen LogP contribution is -2.31. The molecule has 1 fully saturated rings. The molecule has 0 spiro atoms. The van der Waals surface area contributed by atoms with Gasteiger partial charge in [-0.2, -0.15) is 0 Å². The van der Waals surface area contributed by atoms with Gasteiger partial charge in [-0.1, -0.05) is 6.07 Å². The third-order valence-electron chi connectivity index (χ3n) is 3.06. The van der Waals surface area contributed by atoms with E-state index in [1.165, 1.54) is 12.1 Å². The van der Waals surface area contributed by atoms with Crippen LogP contribution in [0.4, 0.5) is 0 Å². The van der Waals surface area contributed by atoms with Crippen molar-refractivity contribution in [1.82, 2.24) is 5.32 Å². The summed E-state index contributed by atoms with van der Waals surface area (Å²) in [7, 11) is -3.83. The van der Waals surface area contributed by atoms with Crippen LogP contribution in [-0.2, 0) is 14.6 Å². The zero-order valence-corrected chi connectivity index (χ0v) is 11.7. The van der Waals surface area contributed by atoms with Gasteiger partial charge in [-0.15, -0.1) is 0 Å². The number of aromatic carboxylic acids is 1. The SMILES string of the molecule is Cc1ccc(S(=O)(=O)CC(=O)NC2CC2)cc1C(=O)O. The molecule has 1 saturated carbocycles. The number of hydrogen-bond acceptors (Lipinski definition) is 4. The third kappa shape index (κ3) is 3.36. The van der Waals surface area contributed by atoms with E-state index in [0.717, 1.165) is 18.9 Å². The van der Waals surface area contributed by atoms with Gasteiger partial charge in [0.25, 0.3) is 0 Å². The van der Waals surface area contributed by atoms with Crippen molar-refractivity contribution in [1.29, 1.82) is 0 Å². The van der Waals surface area contributed by atoms with Crippen LogP contribution in [0.25, 0.3) is 0 Å². The Hall–Kier alpha value is -1.89. The first-order chi connectivity index (χ1) is 9.29. The first-order valence-corrected chi connectivity index (χ1v) is 7.81. The maximum atomic E-state index is 12.1. The van der Waals surface area contributed by atoms with E-state index in [4.69, 9.17) is 5.11 Å². The molecule has 1 aromatic rings. The third-order valence-corrected chi connectivity index (χ3v) is 4.68. The molecule has 108 valence electrons. The minimum Gasteiger partial charge on any atom is -0.478 e. The molecule has 6 nitrogen and oxygen atoms in total. The summed E-state index contributed by atoms with van der Waals surface area (Å²) in [5, 5.41) is 11.6. The van der Waals surface area contributed by atoms with Crippen molar-refractivity contribution < 1.29 is 23.1 Å². The largest absolute Gasteiger partial charge is 0.478 e. The summed E-state index contributed by atoms with van der Waals surface area (Å²) in [6.07, 6.45) is 1.75. The molecule has 7 heteroatoms. The predicted molar refractivity (Wildman–Crippen MR) is 71.4 cm³/mol. The van der Waals surface area contributed by atoms with E-state index in [1.54, 1.807) is 6.92 Å². The summed E-state index contributed by atoms with van der Waals surface area (Å²) in [4.78, 5) is 22.4. The van der Waals surface area contributed by atoms with Gasteiger partial charge in [0.2, 0.25) is 5.91 Å². The van der Waals surface area contributed by atoms with Crippen LogP contribution in [0.1, 0.15) is 28.8 Å². The standard InChI is InChI=1S/C13H15NO5S/c1-8-2-5-10(6-11(8)13(16)17)20(18,19)7-12(15)14-9-3-4-9/h2,5-6,9H,3-4,7H2,1H3,(H,14,15)(H,16,17). The Kier molecular flexibility index (Phi) is 3.80. The molecule has 0 aromatic heterocycles. The second-order valence-electron chi connectivity index (χ2n) is 4.88. The normalized spacial score (nSPS) is 14.8. The average molecular weight is 297 g/mol. The maximum absolute atomic E-state index is 12.1. The molecule has 0 unspecified atom stereocenters. The van der Waals surface area contributed by atoms with Gasteiger partial charge in [0.05, 0.1) is 10.5 Å². The lowest BCUT2D eigenvalue weighted by molar-refractivity contribution is -0.118. The molecule has 2 rings (SSSR count). The van der Waals surface area contributed by atoms with Gasteiger partial charge in [-0.3, -0.25) is 4.79 Å². The highest BCUT2D eigenvalue weighted by molar-refractivity contribution is 7.92. The van der Waals surface area contributed by atoms with Crippen molar-refractivity contribution in [2.75, 3.05) is 5.75 Å². The quantitative estimate of drug-likeness (QED) is 0.835. The van der Waals surface area contributed by atoms with Crippen LogP contribution in [0.3, 0.4) is 0 Å². The monoisotopic (exact) mass is 297 g/mol. The fourth-order valence-corrected chi connectivity index (χ4v) is 2.95. The molecule has 1 aliphatic rings. The van der Waals surface area contributed by atoms with E-state index < -0.39 is 27.5 Å². The van der Waals surface area contributed by atoms with Gasteiger partial charge in [0.1, 0.15) is 5.75 Å². The number of aryl methyl sites for hydroxylation is 1. The number of carboxylic acids is 1. The molecule has 1 aromatic carbocycles. The lowest BCUT2D eigenvalue weighted by Gasteiger charge is -2.07. The molecule has 0 heterocycles. The minimum absolute atomic E-state index is 0.0753. The number of rotatable bonds is 5. The predicted octanol–water partition coefficient (Wildman–Crippen LogP) is 0.746. The summed E-state index contributed by atoms with van der Waals surface area (Å²) in [6, 6.07) is 3.93. The number of sulfone groups is 1. The topological polar surface area (TPSA) is 101 Å². The summed E-state index contributed by atoms with van der Waals surface area (Å²) in [6.45, 7) is 1.58. The van der Waals surface area contributed by atoms with Gasteiger partial charge in [-0.05, 0) is 37.5 Å². The van der Waals surface area contributed by atoms with Crippen molar-refractivity contribution >= 4 is 21.7 Å². The van der Waals surface area contributed by atoms with Crippen molar-refractivity contribution in [2.45, 2.75) is 30.7 Å².